The van der Waals surface area contributed by atoms with Gasteiger partial charge in [0.25, 0.3) is 0 Å². The molecule has 2 bridgehead atoms. The summed E-state index contributed by atoms with van der Waals surface area (Å²) in [5.74, 6) is 0.792. The Balaban J connectivity index is 1.43. The second-order valence-electron chi connectivity index (χ2n) is 6.75. The summed E-state index contributed by atoms with van der Waals surface area (Å²) < 4.78 is 28.6. The maximum atomic E-state index is 10.6. The molecule has 0 aromatic heterocycles. The molecule has 2 aliphatic rings. The van der Waals surface area contributed by atoms with Gasteiger partial charge in [-0.05, 0) is 23.3 Å². The minimum Gasteiger partial charge on any atom is -0.497 e. The summed E-state index contributed by atoms with van der Waals surface area (Å²) >= 11 is 0. The quantitative estimate of drug-likeness (QED) is 0.804. The van der Waals surface area contributed by atoms with Gasteiger partial charge in [0, 0.05) is 0 Å². The molecule has 0 unspecified atom stereocenters. The van der Waals surface area contributed by atoms with E-state index in [-0.39, 0.29) is 6.10 Å². The van der Waals surface area contributed by atoms with Gasteiger partial charge in [-0.15, -0.1) is 0 Å². The molecule has 2 heterocycles. The minimum absolute atomic E-state index is 0.247. The zero-order valence-corrected chi connectivity index (χ0v) is 15.2. The van der Waals surface area contributed by atoms with E-state index in [2.05, 4.69) is 0 Å². The van der Waals surface area contributed by atoms with Crippen LogP contribution in [-0.4, -0.2) is 49.5 Å². The lowest BCUT2D eigenvalue weighted by atomic mass is 10.0. The van der Waals surface area contributed by atoms with Gasteiger partial charge in [0.2, 0.25) is 0 Å². The van der Waals surface area contributed by atoms with Crippen LogP contribution in [0.2, 0.25) is 0 Å². The van der Waals surface area contributed by atoms with E-state index >= 15 is 0 Å². The Morgan fingerprint density at radius 3 is 2.30 bits per heavy atom. The second kappa shape index (κ2) is 8.37. The Morgan fingerprint density at radius 1 is 0.926 bits per heavy atom. The van der Waals surface area contributed by atoms with Crippen molar-refractivity contribution in [3.05, 3.63) is 65.7 Å². The molecule has 0 radical (unpaired) electrons. The number of benzene rings is 2. The lowest BCUT2D eigenvalue weighted by Crippen LogP contribution is -2.55. The highest BCUT2D eigenvalue weighted by Gasteiger charge is 2.51. The van der Waals surface area contributed by atoms with Gasteiger partial charge < -0.3 is 28.8 Å². The van der Waals surface area contributed by atoms with Crippen LogP contribution in [0.4, 0.5) is 0 Å². The highest BCUT2D eigenvalue weighted by Crippen LogP contribution is 2.32. The molecule has 2 saturated heterocycles. The van der Waals surface area contributed by atoms with E-state index in [1.165, 1.54) is 0 Å². The predicted molar refractivity (Wildman–Crippen MR) is 97.2 cm³/mol. The molecule has 2 aromatic rings. The average Bonchev–Trinajstić information content (AvgIpc) is 3.16. The van der Waals surface area contributed by atoms with Gasteiger partial charge in [0.1, 0.15) is 30.2 Å². The Hall–Kier alpha value is -1.96. The number of rotatable bonds is 7. The van der Waals surface area contributed by atoms with Crippen molar-refractivity contribution in [3.8, 4) is 5.75 Å². The molecule has 2 aromatic carbocycles. The smallest absolute Gasteiger partial charge is 0.186 e. The van der Waals surface area contributed by atoms with Gasteiger partial charge in [-0.1, -0.05) is 42.5 Å². The van der Waals surface area contributed by atoms with Crippen LogP contribution in [-0.2, 0) is 32.2 Å². The maximum absolute atomic E-state index is 10.6. The Kier molecular flexibility index (Phi) is 5.71. The molecule has 4 rings (SSSR count). The zero-order chi connectivity index (χ0) is 18.6. The molecule has 0 spiro atoms. The van der Waals surface area contributed by atoms with E-state index in [9.17, 15) is 5.11 Å². The molecule has 2 aliphatic heterocycles. The molecule has 2 fully saturated rings. The first-order valence-corrected chi connectivity index (χ1v) is 9.10. The standard InChI is InChI=1S/C21H24O6/c1-23-16-9-7-15(8-10-16)12-25-20-18(22)21-26-13-17(27-21)19(20)24-11-14-5-3-2-4-6-14/h2-10,17-22H,11-13H2,1H3/t17-,18-,19+,20-,21+/m1/s1. The summed E-state index contributed by atoms with van der Waals surface area (Å²) in [4.78, 5) is 0. The monoisotopic (exact) mass is 372 g/mol. The predicted octanol–water partition coefficient (Wildman–Crippen LogP) is 2.28. The van der Waals surface area contributed by atoms with Gasteiger partial charge in [0.05, 0.1) is 26.9 Å². The van der Waals surface area contributed by atoms with Crippen molar-refractivity contribution in [1.82, 2.24) is 0 Å². The highest BCUT2D eigenvalue weighted by atomic mass is 16.7. The Labute approximate surface area is 158 Å². The van der Waals surface area contributed by atoms with Crippen LogP contribution in [0.5, 0.6) is 5.75 Å². The fourth-order valence-electron chi connectivity index (χ4n) is 3.43. The number of hydrogen-bond acceptors (Lipinski definition) is 6. The first kappa shape index (κ1) is 18.4. The van der Waals surface area contributed by atoms with Crippen molar-refractivity contribution in [2.45, 2.75) is 43.9 Å². The molecule has 5 atom stereocenters. The van der Waals surface area contributed by atoms with E-state index in [1.807, 2.05) is 54.6 Å². The summed E-state index contributed by atoms with van der Waals surface area (Å²) in [6.07, 6.45) is -2.74. The van der Waals surface area contributed by atoms with E-state index in [0.717, 1.165) is 16.9 Å². The van der Waals surface area contributed by atoms with E-state index in [1.54, 1.807) is 7.11 Å². The fourth-order valence-corrected chi connectivity index (χ4v) is 3.43. The summed E-state index contributed by atoms with van der Waals surface area (Å²) in [6.45, 7) is 1.17. The number of methoxy groups -OCH3 is 1. The molecule has 0 aliphatic carbocycles. The average molecular weight is 372 g/mol. The highest BCUT2D eigenvalue weighted by molar-refractivity contribution is 5.26. The van der Waals surface area contributed by atoms with Gasteiger partial charge in [-0.2, -0.15) is 0 Å². The van der Waals surface area contributed by atoms with Gasteiger partial charge in [0.15, 0.2) is 6.29 Å². The minimum atomic E-state index is -0.900. The van der Waals surface area contributed by atoms with Crippen LogP contribution in [0.3, 0.4) is 0 Å². The van der Waals surface area contributed by atoms with E-state index in [0.29, 0.717) is 19.8 Å². The number of hydrogen-bond donors (Lipinski definition) is 1. The molecular weight excluding hydrogens is 348 g/mol. The van der Waals surface area contributed by atoms with Crippen LogP contribution in [0.15, 0.2) is 54.6 Å². The third kappa shape index (κ3) is 4.15. The SMILES string of the molecule is COc1ccc(CO[C@@H]2[C@@H](O)[C@H]3OC[C@@H](O3)[C@@H]2OCc2ccccc2)cc1. The van der Waals surface area contributed by atoms with Crippen molar-refractivity contribution >= 4 is 0 Å². The zero-order valence-electron chi connectivity index (χ0n) is 15.2. The van der Waals surface area contributed by atoms with Gasteiger partial charge in [-0.25, -0.2) is 0 Å². The summed E-state index contributed by atoms with van der Waals surface area (Å²) in [6, 6.07) is 17.6. The topological polar surface area (TPSA) is 66.4 Å². The Bertz CT molecular complexity index is 719. The lowest BCUT2D eigenvalue weighted by Gasteiger charge is -2.38. The van der Waals surface area contributed by atoms with Crippen molar-refractivity contribution < 1.29 is 28.8 Å². The summed E-state index contributed by atoms with van der Waals surface area (Å²) in [5, 5.41) is 10.6. The maximum Gasteiger partial charge on any atom is 0.186 e. The molecule has 1 N–H and O–H groups in total. The van der Waals surface area contributed by atoms with Crippen molar-refractivity contribution in [2.75, 3.05) is 13.7 Å². The molecule has 0 saturated carbocycles. The molecule has 0 amide bonds. The van der Waals surface area contributed by atoms with Crippen LogP contribution >= 0.6 is 0 Å². The number of aliphatic hydroxyl groups is 1. The molecular formula is C21H24O6. The largest absolute Gasteiger partial charge is 0.497 e. The van der Waals surface area contributed by atoms with E-state index in [4.69, 9.17) is 23.7 Å². The third-order valence-corrected chi connectivity index (χ3v) is 4.93. The van der Waals surface area contributed by atoms with Crippen LogP contribution in [0, 0.1) is 0 Å². The molecule has 6 heteroatoms. The first-order valence-electron chi connectivity index (χ1n) is 9.10. The van der Waals surface area contributed by atoms with Crippen LogP contribution in [0.25, 0.3) is 0 Å². The second-order valence-corrected chi connectivity index (χ2v) is 6.75. The summed E-state index contributed by atoms with van der Waals surface area (Å²) in [5.41, 5.74) is 2.05. The fraction of sp³-hybridized carbons (Fsp3) is 0.429. The summed E-state index contributed by atoms with van der Waals surface area (Å²) in [7, 11) is 1.63. The van der Waals surface area contributed by atoms with Crippen LogP contribution < -0.4 is 4.74 Å². The number of fused-ring (bicyclic) bond motifs is 2. The normalized spacial score (nSPS) is 29.6. The van der Waals surface area contributed by atoms with Gasteiger partial charge >= 0.3 is 0 Å². The first-order chi connectivity index (χ1) is 13.2. The molecule has 27 heavy (non-hydrogen) atoms. The van der Waals surface area contributed by atoms with Crippen LogP contribution in [0.1, 0.15) is 11.1 Å². The van der Waals surface area contributed by atoms with Crippen molar-refractivity contribution in [2.24, 2.45) is 0 Å². The number of aliphatic hydroxyl groups excluding tert-OH is 1. The molecule has 144 valence electrons. The van der Waals surface area contributed by atoms with Gasteiger partial charge in [-0.3, -0.25) is 0 Å². The lowest BCUT2D eigenvalue weighted by molar-refractivity contribution is -0.254. The molecule has 6 nitrogen and oxygen atoms in total. The number of ether oxygens (including phenoxy) is 5. The van der Waals surface area contributed by atoms with Crippen molar-refractivity contribution in [1.29, 1.82) is 0 Å². The third-order valence-electron chi connectivity index (χ3n) is 4.93. The Morgan fingerprint density at radius 2 is 1.59 bits per heavy atom. The van der Waals surface area contributed by atoms with E-state index < -0.39 is 24.6 Å². The van der Waals surface area contributed by atoms with Crippen molar-refractivity contribution in [3.63, 3.8) is 0 Å².